The highest BCUT2D eigenvalue weighted by atomic mass is 19.1. The Morgan fingerprint density at radius 1 is 1.12 bits per heavy atom. The van der Waals surface area contributed by atoms with Gasteiger partial charge in [0.05, 0.1) is 19.8 Å². The van der Waals surface area contributed by atoms with E-state index >= 15 is 0 Å². The number of hydrogen-bond donors (Lipinski definition) is 1. The van der Waals surface area contributed by atoms with Gasteiger partial charge in [-0.1, -0.05) is 18.2 Å². The van der Waals surface area contributed by atoms with Gasteiger partial charge in [0.1, 0.15) is 5.82 Å². The minimum Gasteiger partial charge on any atom is -0.493 e. The van der Waals surface area contributed by atoms with Crippen molar-refractivity contribution < 1.29 is 13.9 Å². The molecule has 0 saturated heterocycles. The number of hydrogen-bond acceptors (Lipinski definition) is 4. The third-order valence-corrected chi connectivity index (χ3v) is 3.73. The molecule has 1 N–H and O–H groups in total. The molecule has 0 atom stereocenters. The Bertz CT molecular complexity index is 713. The van der Waals surface area contributed by atoms with Crippen molar-refractivity contribution in [1.82, 2.24) is 5.32 Å². The topological polar surface area (TPSA) is 54.3 Å². The Morgan fingerprint density at radius 3 is 2.76 bits per heavy atom. The molecule has 0 spiro atoms. The Labute approximate surface area is 148 Å². The van der Waals surface area contributed by atoms with Crippen LogP contribution in [0.5, 0.6) is 11.5 Å². The summed E-state index contributed by atoms with van der Waals surface area (Å²) >= 11 is 0. The van der Waals surface area contributed by atoms with Gasteiger partial charge in [-0.25, -0.2) is 4.39 Å². The smallest absolute Gasteiger partial charge is 0.161 e. The summed E-state index contributed by atoms with van der Waals surface area (Å²) in [5.41, 5.74) is 2.05. The Morgan fingerprint density at radius 2 is 2.00 bits per heavy atom. The van der Waals surface area contributed by atoms with Crippen molar-refractivity contribution in [3.05, 3.63) is 59.4 Å². The van der Waals surface area contributed by atoms with Crippen LogP contribution in [0.4, 0.5) is 4.39 Å². The maximum Gasteiger partial charge on any atom is 0.161 e. The summed E-state index contributed by atoms with van der Waals surface area (Å²) in [6.45, 7) is 1.93. The average Bonchev–Trinajstić information content (AvgIpc) is 2.63. The quantitative estimate of drug-likeness (QED) is 0.666. The van der Waals surface area contributed by atoms with Gasteiger partial charge in [0, 0.05) is 13.0 Å². The lowest BCUT2D eigenvalue weighted by Crippen LogP contribution is -2.16. The molecule has 0 fully saturated rings. The number of ether oxygens (including phenoxy) is 2. The van der Waals surface area contributed by atoms with Crippen LogP contribution in [0.1, 0.15) is 24.0 Å². The fourth-order valence-electron chi connectivity index (χ4n) is 2.44. The zero-order chi connectivity index (χ0) is 17.9. The summed E-state index contributed by atoms with van der Waals surface area (Å²) in [5.74, 6) is 1.16. The number of nitriles is 1. The van der Waals surface area contributed by atoms with Crippen molar-refractivity contribution in [1.29, 1.82) is 5.26 Å². The number of halogens is 1. The van der Waals surface area contributed by atoms with E-state index in [1.165, 1.54) is 6.07 Å². The van der Waals surface area contributed by atoms with Crippen molar-refractivity contribution in [2.24, 2.45) is 0 Å². The molecular weight excluding hydrogens is 319 g/mol. The van der Waals surface area contributed by atoms with Gasteiger partial charge in [0.25, 0.3) is 0 Å². The van der Waals surface area contributed by atoms with E-state index in [-0.39, 0.29) is 5.82 Å². The van der Waals surface area contributed by atoms with E-state index in [9.17, 15) is 4.39 Å². The fraction of sp³-hybridized carbons (Fsp3) is 0.350. The van der Waals surface area contributed by atoms with Crippen LogP contribution in [0, 0.1) is 17.1 Å². The summed E-state index contributed by atoms with van der Waals surface area (Å²) in [6, 6.07) is 14.6. The SMILES string of the molecule is COc1ccc(CNCCc2cccc(F)c2)cc1OCCCC#N. The van der Waals surface area contributed by atoms with Crippen LogP contribution in [-0.2, 0) is 13.0 Å². The lowest BCUT2D eigenvalue weighted by atomic mass is 10.1. The molecule has 5 heteroatoms. The lowest BCUT2D eigenvalue weighted by molar-refractivity contribution is 0.290. The predicted molar refractivity (Wildman–Crippen MR) is 95.1 cm³/mol. The minimum atomic E-state index is -0.203. The molecule has 0 amide bonds. The first-order valence-corrected chi connectivity index (χ1v) is 8.34. The normalized spacial score (nSPS) is 10.3. The van der Waals surface area contributed by atoms with Gasteiger partial charge in [0.2, 0.25) is 0 Å². The zero-order valence-electron chi connectivity index (χ0n) is 14.4. The molecule has 25 heavy (non-hydrogen) atoms. The highest BCUT2D eigenvalue weighted by molar-refractivity contribution is 5.43. The summed E-state index contributed by atoms with van der Waals surface area (Å²) < 4.78 is 24.2. The summed E-state index contributed by atoms with van der Waals surface area (Å²) in [7, 11) is 1.61. The monoisotopic (exact) mass is 342 g/mol. The third-order valence-electron chi connectivity index (χ3n) is 3.73. The largest absolute Gasteiger partial charge is 0.493 e. The van der Waals surface area contributed by atoms with E-state index in [0.29, 0.717) is 37.5 Å². The predicted octanol–water partition coefficient (Wildman–Crippen LogP) is 3.85. The van der Waals surface area contributed by atoms with Crippen LogP contribution >= 0.6 is 0 Å². The van der Waals surface area contributed by atoms with Gasteiger partial charge in [-0.2, -0.15) is 5.26 Å². The summed E-state index contributed by atoms with van der Waals surface area (Å²) in [6.07, 6.45) is 1.94. The number of benzene rings is 2. The first kappa shape index (κ1) is 18.8. The van der Waals surface area contributed by atoms with Gasteiger partial charge in [0.15, 0.2) is 11.5 Å². The van der Waals surface area contributed by atoms with Crippen molar-refractivity contribution in [2.45, 2.75) is 25.8 Å². The molecule has 0 saturated carbocycles. The van der Waals surface area contributed by atoms with E-state index in [1.54, 1.807) is 19.2 Å². The zero-order valence-corrected chi connectivity index (χ0v) is 14.4. The maximum atomic E-state index is 13.1. The van der Waals surface area contributed by atoms with Crippen molar-refractivity contribution >= 4 is 0 Å². The molecule has 2 aromatic carbocycles. The fourth-order valence-corrected chi connectivity index (χ4v) is 2.44. The van der Waals surface area contributed by atoms with E-state index < -0.39 is 0 Å². The van der Waals surface area contributed by atoms with E-state index in [1.807, 2.05) is 24.3 Å². The highest BCUT2D eigenvalue weighted by Gasteiger charge is 2.06. The van der Waals surface area contributed by atoms with Gasteiger partial charge >= 0.3 is 0 Å². The Kier molecular flexibility index (Phi) is 7.74. The molecule has 0 unspecified atom stereocenters. The first-order chi connectivity index (χ1) is 12.2. The van der Waals surface area contributed by atoms with Gasteiger partial charge < -0.3 is 14.8 Å². The first-order valence-electron chi connectivity index (χ1n) is 8.34. The number of rotatable bonds is 10. The second-order valence-electron chi connectivity index (χ2n) is 5.65. The third kappa shape index (κ3) is 6.44. The van der Waals surface area contributed by atoms with Crippen LogP contribution in [0.15, 0.2) is 42.5 Å². The van der Waals surface area contributed by atoms with E-state index in [0.717, 1.165) is 24.1 Å². The molecule has 4 nitrogen and oxygen atoms in total. The van der Waals surface area contributed by atoms with Gasteiger partial charge in [-0.05, 0) is 54.8 Å². The van der Waals surface area contributed by atoms with Gasteiger partial charge in [-0.3, -0.25) is 0 Å². The lowest BCUT2D eigenvalue weighted by Gasteiger charge is -2.12. The number of methoxy groups -OCH3 is 1. The van der Waals surface area contributed by atoms with Crippen LogP contribution in [0.25, 0.3) is 0 Å². The standard InChI is InChI=1S/C20H23FN2O2/c1-24-19-8-7-17(14-20(19)25-12-3-2-10-22)15-23-11-9-16-5-4-6-18(21)13-16/h4-8,13-14,23H,2-3,9,11-12,15H2,1H3. The average molecular weight is 342 g/mol. The Hall–Kier alpha value is -2.58. The second-order valence-corrected chi connectivity index (χ2v) is 5.65. The van der Waals surface area contributed by atoms with Crippen molar-refractivity contribution in [3.8, 4) is 17.6 Å². The second kappa shape index (κ2) is 10.3. The van der Waals surface area contributed by atoms with Crippen molar-refractivity contribution in [2.75, 3.05) is 20.3 Å². The van der Waals surface area contributed by atoms with Crippen LogP contribution in [-0.4, -0.2) is 20.3 Å². The van der Waals surface area contributed by atoms with Gasteiger partial charge in [-0.15, -0.1) is 0 Å². The molecule has 0 aliphatic rings. The Balaban J connectivity index is 1.83. The molecule has 2 rings (SSSR count). The van der Waals surface area contributed by atoms with E-state index in [4.69, 9.17) is 14.7 Å². The van der Waals surface area contributed by atoms with Crippen LogP contribution in [0.3, 0.4) is 0 Å². The molecule has 0 aliphatic carbocycles. The molecule has 0 bridgehead atoms. The molecule has 0 heterocycles. The molecule has 0 radical (unpaired) electrons. The van der Waals surface area contributed by atoms with E-state index in [2.05, 4.69) is 11.4 Å². The molecule has 132 valence electrons. The molecule has 0 aliphatic heterocycles. The molecule has 2 aromatic rings. The molecular formula is C20H23FN2O2. The number of nitrogens with one attached hydrogen (secondary N) is 1. The summed E-state index contributed by atoms with van der Waals surface area (Å²) in [5, 5.41) is 11.9. The van der Waals surface area contributed by atoms with Crippen LogP contribution in [0.2, 0.25) is 0 Å². The van der Waals surface area contributed by atoms with Crippen LogP contribution < -0.4 is 14.8 Å². The van der Waals surface area contributed by atoms with Crippen molar-refractivity contribution in [3.63, 3.8) is 0 Å². The number of unbranched alkanes of at least 4 members (excludes halogenated alkanes) is 1. The maximum absolute atomic E-state index is 13.1. The number of nitrogens with zero attached hydrogens (tertiary/aromatic N) is 1. The minimum absolute atomic E-state index is 0.203. The summed E-state index contributed by atoms with van der Waals surface area (Å²) in [4.78, 5) is 0. The highest BCUT2D eigenvalue weighted by Crippen LogP contribution is 2.28. The molecule has 0 aromatic heterocycles.